The third-order valence-corrected chi connectivity index (χ3v) is 7.18. The summed E-state index contributed by atoms with van der Waals surface area (Å²) in [5, 5.41) is 10.4. The molecule has 0 saturated carbocycles. The van der Waals surface area contributed by atoms with Gasteiger partial charge in [-0.05, 0) is 73.3 Å². The van der Waals surface area contributed by atoms with Crippen LogP contribution in [-0.4, -0.2) is 18.2 Å². The first-order valence-corrected chi connectivity index (χ1v) is 12.1. The number of unbranched alkanes of at least 4 members (excludes halogenated alkanes) is 2. The monoisotopic (exact) mass is 426 g/mol. The molecule has 30 heavy (non-hydrogen) atoms. The van der Waals surface area contributed by atoms with E-state index >= 15 is 0 Å². The molecular weight excluding hydrogens is 392 g/mol. The fraction of sp³-hybridized carbons (Fsp3) is 0.500. The van der Waals surface area contributed by atoms with Crippen molar-refractivity contribution in [3.63, 3.8) is 0 Å². The number of esters is 1. The number of allylic oxidation sites excluding steroid dienone is 2. The van der Waals surface area contributed by atoms with Crippen LogP contribution >= 0.6 is 11.3 Å². The summed E-state index contributed by atoms with van der Waals surface area (Å²) < 4.78 is 4.79. The van der Waals surface area contributed by atoms with E-state index in [4.69, 9.17) is 4.74 Å². The van der Waals surface area contributed by atoms with Crippen molar-refractivity contribution < 1.29 is 14.6 Å². The molecule has 0 saturated heterocycles. The summed E-state index contributed by atoms with van der Waals surface area (Å²) in [5.74, 6) is 0.358. The van der Waals surface area contributed by atoms with E-state index in [1.807, 2.05) is 12.1 Å². The van der Waals surface area contributed by atoms with Crippen LogP contribution in [0.1, 0.15) is 90.1 Å². The summed E-state index contributed by atoms with van der Waals surface area (Å²) in [6, 6.07) is 12.5. The van der Waals surface area contributed by atoms with Gasteiger partial charge in [0.15, 0.2) is 0 Å². The number of rotatable bonds is 11. The SMILES string of the molecule is CCCCCC(O)c1ccc(C2=CCCC2CCCc2ccc(C(=O)OC)s2)cc1. The van der Waals surface area contributed by atoms with Gasteiger partial charge in [0.05, 0.1) is 13.2 Å². The predicted octanol–water partition coefficient (Wildman–Crippen LogP) is 6.96. The number of aliphatic hydroxyl groups excluding tert-OH is 1. The number of carbonyl (C=O) groups is 1. The van der Waals surface area contributed by atoms with Gasteiger partial charge in [-0.1, -0.05) is 56.5 Å². The van der Waals surface area contributed by atoms with Gasteiger partial charge in [0.2, 0.25) is 0 Å². The molecule has 1 heterocycles. The lowest BCUT2D eigenvalue weighted by atomic mass is 9.89. The minimum absolute atomic E-state index is 0.244. The summed E-state index contributed by atoms with van der Waals surface area (Å²) in [5.41, 5.74) is 3.79. The molecule has 0 bridgehead atoms. The summed E-state index contributed by atoms with van der Waals surface area (Å²) >= 11 is 1.54. The van der Waals surface area contributed by atoms with Crippen molar-refractivity contribution in [1.29, 1.82) is 0 Å². The number of carbonyl (C=O) groups excluding carboxylic acids is 1. The maximum Gasteiger partial charge on any atom is 0.348 e. The van der Waals surface area contributed by atoms with E-state index < -0.39 is 0 Å². The number of hydrogen-bond acceptors (Lipinski definition) is 4. The summed E-state index contributed by atoms with van der Waals surface area (Å²) in [6.07, 6.45) is 12.0. The van der Waals surface area contributed by atoms with Gasteiger partial charge < -0.3 is 9.84 Å². The van der Waals surface area contributed by atoms with Crippen molar-refractivity contribution in [3.05, 3.63) is 63.4 Å². The molecule has 162 valence electrons. The van der Waals surface area contributed by atoms with Crippen LogP contribution in [0, 0.1) is 5.92 Å². The van der Waals surface area contributed by atoms with Gasteiger partial charge in [0.25, 0.3) is 0 Å². The highest BCUT2D eigenvalue weighted by Crippen LogP contribution is 2.37. The van der Waals surface area contributed by atoms with E-state index in [0.717, 1.165) is 37.7 Å². The molecule has 3 nitrogen and oxygen atoms in total. The highest BCUT2D eigenvalue weighted by atomic mass is 32.1. The van der Waals surface area contributed by atoms with E-state index in [0.29, 0.717) is 10.8 Å². The minimum atomic E-state index is -0.348. The Bertz CT molecular complexity index is 834. The Morgan fingerprint density at radius 1 is 1.17 bits per heavy atom. The maximum absolute atomic E-state index is 11.6. The zero-order valence-corrected chi connectivity index (χ0v) is 19.0. The van der Waals surface area contributed by atoms with E-state index in [2.05, 4.69) is 37.3 Å². The van der Waals surface area contributed by atoms with Gasteiger partial charge in [-0.2, -0.15) is 0 Å². The molecule has 2 unspecified atom stereocenters. The van der Waals surface area contributed by atoms with Crippen LogP contribution in [-0.2, 0) is 11.2 Å². The molecule has 1 aliphatic carbocycles. The van der Waals surface area contributed by atoms with Crippen LogP contribution in [0.4, 0.5) is 0 Å². The number of thiophene rings is 1. The van der Waals surface area contributed by atoms with Crippen LogP contribution in [0.25, 0.3) is 5.57 Å². The molecule has 0 fully saturated rings. The zero-order valence-electron chi connectivity index (χ0n) is 18.2. The minimum Gasteiger partial charge on any atom is -0.465 e. The number of ether oxygens (including phenoxy) is 1. The second-order valence-electron chi connectivity index (χ2n) is 8.22. The average Bonchev–Trinajstić information content (AvgIpc) is 3.43. The van der Waals surface area contributed by atoms with Gasteiger partial charge in [-0.15, -0.1) is 11.3 Å². The first-order valence-electron chi connectivity index (χ1n) is 11.3. The second-order valence-corrected chi connectivity index (χ2v) is 9.39. The van der Waals surface area contributed by atoms with Crippen molar-refractivity contribution in [2.45, 2.75) is 70.8 Å². The van der Waals surface area contributed by atoms with Crippen molar-refractivity contribution in [2.24, 2.45) is 5.92 Å². The predicted molar refractivity (Wildman–Crippen MR) is 125 cm³/mol. The molecule has 4 heteroatoms. The van der Waals surface area contributed by atoms with Crippen LogP contribution in [0.2, 0.25) is 0 Å². The quantitative estimate of drug-likeness (QED) is 0.312. The van der Waals surface area contributed by atoms with Gasteiger partial charge in [0, 0.05) is 4.88 Å². The fourth-order valence-corrected chi connectivity index (χ4v) is 5.28. The number of aliphatic hydroxyl groups is 1. The van der Waals surface area contributed by atoms with Crippen molar-refractivity contribution >= 4 is 22.9 Å². The van der Waals surface area contributed by atoms with Crippen LogP contribution in [0.15, 0.2) is 42.5 Å². The lowest BCUT2D eigenvalue weighted by Gasteiger charge is -2.16. The lowest BCUT2D eigenvalue weighted by molar-refractivity contribution is 0.0606. The second kappa shape index (κ2) is 11.5. The molecule has 2 aromatic rings. The Morgan fingerprint density at radius 2 is 1.97 bits per heavy atom. The standard InChI is InChI=1S/C26H34O3S/c1-3-4-5-12-24(27)21-15-13-20(14-16-21)23-11-7-9-19(23)8-6-10-22-17-18-25(30-22)26(28)29-2/h11,13-19,24,27H,3-10,12H2,1-2H3. The smallest absolute Gasteiger partial charge is 0.348 e. The third kappa shape index (κ3) is 6.05. The zero-order chi connectivity index (χ0) is 21.3. The number of methoxy groups -OCH3 is 1. The molecule has 1 N–H and O–H groups in total. The molecule has 1 aliphatic rings. The fourth-order valence-electron chi connectivity index (χ4n) is 4.31. The number of aryl methyl sites for hydroxylation is 1. The Kier molecular flexibility index (Phi) is 8.71. The molecule has 0 spiro atoms. The average molecular weight is 427 g/mol. The Hall–Kier alpha value is -1.91. The summed E-state index contributed by atoms with van der Waals surface area (Å²) in [4.78, 5) is 13.5. The van der Waals surface area contributed by atoms with Gasteiger partial charge in [0.1, 0.15) is 4.88 Å². The van der Waals surface area contributed by atoms with E-state index in [-0.39, 0.29) is 12.1 Å². The first-order chi connectivity index (χ1) is 14.6. The Morgan fingerprint density at radius 3 is 2.70 bits per heavy atom. The van der Waals surface area contributed by atoms with Crippen molar-refractivity contribution in [2.75, 3.05) is 7.11 Å². The Labute approximate surface area is 184 Å². The Balaban J connectivity index is 1.51. The molecule has 0 amide bonds. The molecule has 1 aromatic carbocycles. The van der Waals surface area contributed by atoms with Gasteiger partial charge >= 0.3 is 5.97 Å². The first kappa shape index (κ1) is 22.8. The van der Waals surface area contributed by atoms with E-state index in [9.17, 15) is 9.90 Å². The number of benzene rings is 1. The van der Waals surface area contributed by atoms with Crippen LogP contribution in [0.3, 0.4) is 0 Å². The topological polar surface area (TPSA) is 46.5 Å². The van der Waals surface area contributed by atoms with Crippen molar-refractivity contribution in [1.82, 2.24) is 0 Å². The van der Waals surface area contributed by atoms with Crippen LogP contribution in [0.5, 0.6) is 0 Å². The molecule has 2 atom stereocenters. The molecule has 1 aromatic heterocycles. The molecule has 0 radical (unpaired) electrons. The van der Waals surface area contributed by atoms with Gasteiger partial charge in [-0.3, -0.25) is 0 Å². The molecule has 3 rings (SSSR count). The summed E-state index contributed by atoms with van der Waals surface area (Å²) in [7, 11) is 1.43. The largest absolute Gasteiger partial charge is 0.465 e. The van der Waals surface area contributed by atoms with Gasteiger partial charge in [-0.25, -0.2) is 4.79 Å². The molecule has 0 aliphatic heterocycles. The highest BCUT2D eigenvalue weighted by Gasteiger charge is 2.21. The lowest BCUT2D eigenvalue weighted by Crippen LogP contribution is -2.01. The van der Waals surface area contributed by atoms with Crippen LogP contribution < -0.4 is 0 Å². The maximum atomic E-state index is 11.6. The number of hydrogen-bond donors (Lipinski definition) is 1. The third-order valence-electron chi connectivity index (χ3n) is 6.05. The molecular formula is C26H34O3S. The normalized spacial score (nSPS) is 17.0. The summed E-state index contributed by atoms with van der Waals surface area (Å²) in [6.45, 7) is 2.19. The van der Waals surface area contributed by atoms with Crippen molar-refractivity contribution in [3.8, 4) is 0 Å². The van der Waals surface area contributed by atoms with E-state index in [1.165, 1.54) is 48.8 Å². The van der Waals surface area contributed by atoms with E-state index in [1.54, 1.807) is 11.3 Å². The highest BCUT2D eigenvalue weighted by molar-refractivity contribution is 7.13.